The van der Waals surface area contributed by atoms with Crippen molar-refractivity contribution in [3.05, 3.63) is 46.8 Å². The van der Waals surface area contributed by atoms with Crippen LogP contribution in [0.4, 0.5) is 11.4 Å². The van der Waals surface area contributed by atoms with Gasteiger partial charge in [-0.3, -0.25) is 14.6 Å². The standard InChI is InChI=1S/C22H25N3O4S/c1-4-13-5-8-16(20(9-13)30(3,28)29)24-17-10-15(11-19(26)14-6-7-14)23-18-12-25(2)22(27)21(17)18/h5,8-10,14H,4,6-7,11-12H2,1-3H3,(H,23,24). The van der Waals surface area contributed by atoms with E-state index in [2.05, 4.69) is 10.3 Å². The van der Waals surface area contributed by atoms with E-state index in [0.717, 1.165) is 18.4 Å². The topological polar surface area (TPSA) is 96.4 Å². The fourth-order valence-corrected chi connectivity index (χ4v) is 4.64. The Labute approximate surface area is 176 Å². The number of rotatable bonds is 7. The molecular weight excluding hydrogens is 402 g/mol. The largest absolute Gasteiger partial charge is 0.354 e. The quantitative estimate of drug-likeness (QED) is 0.730. The lowest BCUT2D eigenvalue weighted by atomic mass is 10.1. The minimum Gasteiger partial charge on any atom is -0.354 e. The van der Waals surface area contributed by atoms with E-state index in [0.29, 0.717) is 41.3 Å². The Balaban J connectivity index is 1.78. The molecule has 158 valence electrons. The number of hydrogen-bond acceptors (Lipinski definition) is 6. The number of nitrogens with zero attached hydrogens (tertiary/aromatic N) is 2. The number of benzene rings is 1. The van der Waals surface area contributed by atoms with E-state index in [-0.39, 0.29) is 28.9 Å². The van der Waals surface area contributed by atoms with Crippen molar-refractivity contribution in [2.45, 2.75) is 44.0 Å². The molecule has 2 aliphatic rings. The first-order valence-corrected chi connectivity index (χ1v) is 12.0. The molecule has 1 aliphatic carbocycles. The lowest BCUT2D eigenvalue weighted by Gasteiger charge is -2.15. The highest BCUT2D eigenvalue weighted by atomic mass is 32.2. The summed E-state index contributed by atoms with van der Waals surface area (Å²) in [6.45, 7) is 2.32. The van der Waals surface area contributed by atoms with E-state index in [1.807, 2.05) is 13.0 Å². The molecule has 0 atom stereocenters. The van der Waals surface area contributed by atoms with E-state index < -0.39 is 9.84 Å². The van der Waals surface area contributed by atoms with Crippen molar-refractivity contribution in [2.75, 3.05) is 18.6 Å². The van der Waals surface area contributed by atoms with Crippen molar-refractivity contribution in [1.82, 2.24) is 9.88 Å². The van der Waals surface area contributed by atoms with Crippen molar-refractivity contribution < 1.29 is 18.0 Å². The lowest BCUT2D eigenvalue weighted by molar-refractivity contribution is -0.119. The van der Waals surface area contributed by atoms with Crippen LogP contribution in [0.3, 0.4) is 0 Å². The summed E-state index contributed by atoms with van der Waals surface area (Å²) >= 11 is 0. The SMILES string of the molecule is CCc1ccc(Nc2cc(CC(=O)C3CC3)nc3c2C(=O)N(C)C3)c(S(C)(=O)=O)c1. The van der Waals surface area contributed by atoms with E-state index in [9.17, 15) is 18.0 Å². The predicted octanol–water partition coefficient (Wildman–Crippen LogP) is 2.90. The van der Waals surface area contributed by atoms with Gasteiger partial charge in [0.05, 0.1) is 39.8 Å². The van der Waals surface area contributed by atoms with Crippen LogP contribution in [0.5, 0.6) is 0 Å². The number of amides is 1. The van der Waals surface area contributed by atoms with Crippen molar-refractivity contribution in [3.8, 4) is 0 Å². The van der Waals surface area contributed by atoms with E-state index in [4.69, 9.17) is 0 Å². The minimum atomic E-state index is -3.48. The van der Waals surface area contributed by atoms with Gasteiger partial charge in [-0.25, -0.2) is 8.42 Å². The second-order valence-corrected chi connectivity index (χ2v) is 10.1. The maximum absolute atomic E-state index is 12.7. The Morgan fingerprint density at radius 3 is 2.60 bits per heavy atom. The molecular formula is C22H25N3O4S. The lowest BCUT2D eigenvalue weighted by Crippen LogP contribution is -2.18. The van der Waals surface area contributed by atoms with Crippen LogP contribution in [0.25, 0.3) is 0 Å². The van der Waals surface area contributed by atoms with Crippen LogP contribution in [0.15, 0.2) is 29.2 Å². The Morgan fingerprint density at radius 1 is 1.23 bits per heavy atom. The molecule has 1 amide bonds. The van der Waals surface area contributed by atoms with Crippen molar-refractivity contribution in [1.29, 1.82) is 0 Å². The number of pyridine rings is 1. The number of anilines is 2. The maximum atomic E-state index is 12.7. The maximum Gasteiger partial charge on any atom is 0.257 e. The molecule has 0 radical (unpaired) electrons. The number of hydrogen-bond donors (Lipinski definition) is 1. The van der Waals surface area contributed by atoms with Gasteiger partial charge in [0.25, 0.3) is 5.91 Å². The minimum absolute atomic E-state index is 0.124. The monoisotopic (exact) mass is 427 g/mol. The number of fused-ring (bicyclic) bond motifs is 1. The average Bonchev–Trinajstić information content (AvgIpc) is 3.48. The number of ketones is 1. The van der Waals surface area contributed by atoms with Gasteiger partial charge < -0.3 is 10.2 Å². The average molecular weight is 428 g/mol. The van der Waals surface area contributed by atoms with Crippen LogP contribution >= 0.6 is 0 Å². The van der Waals surface area contributed by atoms with Gasteiger partial charge in [0.15, 0.2) is 9.84 Å². The Bertz CT molecular complexity index is 1150. The molecule has 2 heterocycles. The number of nitrogens with one attached hydrogen (secondary N) is 1. The Hall–Kier alpha value is -2.74. The highest BCUT2D eigenvalue weighted by Crippen LogP contribution is 2.35. The van der Waals surface area contributed by atoms with Gasteiger partial charge in [-0.1, -0.05) is 13.0 Å². The van der Waals surface area contributed by atoms with Crippen LogP contribution < -0.4 is 5.32 Å². The number of carbonyl (C=O) groups is 2. The molecule has 0 saturated heterocycles. The fraction of sp³-hybridized carbons (Fsp3) is 0.409. The van der Waals surface area contributed by atoms with Gasteiger partial charge in [0.1, 0.15) is 5.78 Å². The van der Waals surface area contributed by atoms with Crippen LogP contribution in [-0.4, -0.2) is 43.3 Å². The molecule has 7 nitrogen and oxygen atoms in total. The van der Waals surface area contributed by atoms with Gasteiger partial charge in [-0.2, -0.15) is 0 Å². The van der Waals surface area contributed by atoms with Crippen molar-refractivity contribution >= 4 is 32.9 Å². The molecule has 0 spiro atoms. The first-order chi connectivity index (χ1) is 14.2. The van der Waals surface area contributed by atoms with Gasteiger partial charge in [-0.05, 0) is 43.0 Å². The zero-order valence-electron chi connectivity index (χ0n) is 17.4. The van der Waals surface area contributed by atoms with E-state index >= 15 is 0 Å². The summed E-state index contributed by atoms with van der Waals surface area (Å²) in [4.78, 5) is 31.3. The summed E-state index contributed by atoms with van der Waals surface area (Å²) < 4.78 is 24.8. The highest BCUT2D eigenvalue weighted by molar-refractivity contribution is 7.90. The molecule has 1 aliphatic heterocycles. The first-order valence-electron chi connectivity index (χ1n) is 10.1. The second kappa shape index (κ2) is 7.50. The molecule has 2 aromatic rings. The normalized spacial score (nSPS) is 16.0. The summed E-state index contributed by atoms with van der Waals surface area (Å²) in [6, 6.07) is 6.95. The van der Waals surface area contributed by atoms with E-state index in [1.54, 1.807) is 30.1 Å². The molecule has 1 N–H and O–H groups in total. The molecule has 0 unspecified atom stereocenters. The molecule has 0 bridgehead atoms. The molecule has 1 aromatic heterocycles. The van der Waals surface area contributed by atoms with Crippen molar-refractivity contribution in [2.24, 2.45) is 5.92 Å². The van der Waals surface area contributed by atoms with E-state index in [1.165, 1.54) is 6.26 Å². The van der Waals surface area contributed by atoms with Crippen LogP contribution in [0, 0.1) is 5.92 Å². The smallest absolute Gasteiger partial charge is 0.257 e. The number of sulfone groups is 1. The molecule has 4 rings (SSSR count). The van der Waals surface area contributed by atoms with Crippen LogP contribution in [0.1, 0.15) is 47.1 Å². The summed E-state index contributed by atoms with van der Waals surface area (Å²) in [6.07, 6.45) is 3.96. The van der Waals surface area contributed by atoms with Gasteiger partial charge in [0.2, 0.25) is 0 Å². The summed E-state index contributed by atoms with van der Waals surface area (Å²) in [7, 11) is -1.79. The summed E-state index contributed by atoms with van der Waals surface area (Å²) in [5.41, 5.74) is 3.44. The Morgan fingerprint density at radius 2 is 1.97 bits per heavy atom. The van der Waals surface area contributed by atoms with Gasteiger partial charge in [-0.15, -0.1) is 0 Å². The van der Waals surface area contributed by atoms with Crippen molar-refractivity contribution in [3.63, 3.8) is 0 Å². The first kappa shape index (κ1) is 20.5. The van der Waals surface area contributed by atoms with Crippen LogP contribution in [-0.2, 0) is 34.0 Å². The zero-order chi connectivity index (χ0) is 21.6. The second-order valence-electron chi connectivity index (χ2n) is 8.14. The number of aryl methyl sites for hydroxylation is 1. The molecule has 30 heavy (non-hydrogen) atoms. The third kappa shape index (κ3) is 3.96. The molecule has 1 aromatic carbocycles. The molecule has 8 heteroatoms. The fourth-order valence-electron chi connectivity index (χ4n) is 3.76. The third-order valence-corrected chi connectivity index (χ3v) is 6.74. The third-order valence-electron chi connectivity index (χ3n) is 5.61. The zero-order valence-corrected chi connectivity index (χ0v) is 18.2. The molecule has 1 fully saturated rings. The van der Waals surface area contributed by atoms with Gasteiger partial charge in [0, 0.05) is 25.6 Å². The highest BCUT2D eigenvalue weighted by Gasteiger charge is 2.33. The van der Waals surface area contributed by atoms with Crippen LogP contribution in [0.2, 0.25) is 0 Å². The number of carbonyl (C=O) groups excluding carboxylic acids is 2. The summed E-state index contributed by atoms with van der Waals surface area (Å²) in [5.74, 6) is 0.112. The predicted molar refractivity (Wildman–Crippen MR) is 114 cm³/mol. The Kier molecular flexibility index (Phi) is 5.13. The summed E-state index contributed by atoms with van der Waals surface area (Å²) in [5, 5.41) is 3.16. The number of aromatic nitrogens is 1. The van der Waals surface area contributed by atoms with Gasteiger partial charge >= 0.3 is 0 Å². The number of Topliss-reactive ketones (excluding diaryl/α,β-unsaturated/α-hetero) is 1. The molecule has 1 saturated carbocycles.